The number of aliphatic hydroxyl groups excluding tert-OH is 1. The van der Waals surface area contributed by atoms with Crippen molar-refractivity contribution in [2.24, 2.45) is 0 Å². The predicted molar refractivity (Wildman–Crippen MR) is 83.8 cm³/mol. The summed E-state index contributed by atoms with van der Waals surface area (Å²) in [5.74, 6) is 0.412. The van der Waals surface area contributed by atoms with Crippen LogP contribution in [0.2, 0.25) is 0 Å². The minimum atomic E-state index is -0.875. The summed E-state index contributed by atoms with van der Waals surface area (Å²) in [6, 6.07) is 2.90. The van der Waals surface area contributed by atoms with Gasteiger partial charge in [0.25, 0.3) is 0 Å². The summed E-state index contributed by atoms with van der Waals surface area (Å²) in [6.45, 7) is 2.20. The van der Waals surface area contributed by atoms with Crippen molar-refractivity contribution in [2.45, 2.75) is 38.7 Å². The van der Waals surface area contributed by atoms with E-state index in [2.05, 4.69) is 27.8 Å². The van der Waals surface area contributed by atoms with E-state index in [4.69, 9.17) is 4.42 Å². The van der Waals surface area contributed by atoms with Gasteiger partial charge in [-0.25, -0.2) is 4.79 Å². The van der Waals surface area contributed by atoms with Crippen LogP contribution < -0.4 is 10.6 Å². The van der Waals surface area contributed by atoms with Gasteiger partial charge in [0.15, 0.2) is 0 Å². The molecule has 0 spiro atoms. The van der Waals surface area contributed by atoms with E-state index in [1.54, 1.807) is 12.1 Å². The van der Waals surface area contributed by atoms with E-state index in [9.17, 15) is 9.90 Å². The molecule has 120 valence electrons. The first-order valence-electron chi connectivity index (χ1n) is 7.27. The van der Waals surface area contributed by atoms with Gasteiger partial charge in [-0.15, -0.1) is 10.2 Å². The van der Waals surface area contributed by atoms with Gasteiger partial charge in [0.2, 0.25) is 5.13 Å². The number of hydrogen-bond acceptors (Lipinski definition) is 6. The van der Waals surface area contributed by atoms with Gasteiger partial charge in [-0.2, -0.15) is 0 Å². The number of aliphatic hydroxyl groups is 1. The highest BCUT2D eigenvalue weighted by Crippen LogP contribution is 2.17. The van der Waals surface area contributed by atoms with Crippen molar-refractivity contribution in [1.29, 1.82) is 0 Å². The van der Waals surface area contributed by atoms with Crippen LogP contribution in [0.5, 0.6) is 0 Å². The number of aromatic nitrogens is 2. The highest BCUT2D eigenvalue weighted by molar-refractivity contribution is 7.15. The van der Waals surface area contributed by atoms with Crippen LogP contribution in [0, 0.1) is 0 Å². The van der Waals surface area contributed by atoms with Crippen LogP contribution in [0.4, 0.5) is 9.93 Å². The summed E-state index contributed by atoms with van der Waals surface area (Å²) in [4.78, 5) is 11.7. The molecule has 0 saturated heterocycles. The molecule has 8 heteroatoms. The molecule has 2 heterocycles. The smallest absolute Gasteiger partial charge is 0.321 e. The highest BCUT2D eigenvalue weighted by Gasteiger charge is 2.13. The molecule has 1 atom stereocenters. The first-order chi connectivity index (χ1) is 10.7. The van der Waals surface area contributed by atoms with Gasteiger partial charge >= 0.3 is 6.03 Å². The Balaban J connectivity index is 1.72. The maximum absolute atomic E-state index is 11.7. The zero-order chi connectivity index (χ0) is 15.8. The van der Waals surface area contributed by atoms with E-state index in [1.165, 1.54) is 17.6 Å². The number of amides is 2. The van der Waals surface area contributed by atoms with Gasteiger partial charge in [-0.1, -0.05) is 31.1 Å². The molecule has 0 aliphatic rings. The quantitative estimate of drug-likeness (QED) is 0.648. The molecule has 3 N–H and O–H groups in total. The molecule has 2 aromatic rings. The molecule has 0 aliphatic heterocycles. The summed E-state index contributed by atoms with van der Waals surface area (Å²) in [6.07, 6.45) is 4.87. The molecule has 0 aromatic carbocycles. The zero-order valence-corrected chi connectivity index (χ0v) is 13.2. The molecule has 0 radical (unpaired) electrons. The highest BCUT2D eigenvalue weighted by atomic mass is 32.1. The number of furan rings is 1. The van der Waals surface area contributed by atoms with Crippen LogP contribution in [0.1, 0.15) is 43.1 Å². The van der Waals surface area contributed by atoms with E-state index in [-0.39, 0.29) is 6.54 Å². The SMILES string of the molecule is CCCCCc1nnc(NC(=O)NCC(O)c2ccco2)s1. The summed E-state index contributed by atoms with van der Waals surface area (Å²) in [5.41, 5.74) is 0. The topological polar surface area (TPSA) is 100 Å². The lowest BCUT2D eigenvalue weighted by molar-refractivity contribution is 0.149. The average Bonchev–Trinajstić information content (AvgIpc) is 3.17. The van der Waals surface area contributed by atoms with E-state index >= 15 is 0 Å². The lowest BCUT2D eigenvalue weighted by Gasteiger charge is -2.09. The standard InChI is InChI=1S/C14H20N4O3S/c1-2-3-4-7-12-17-18-14(22-12)16-13(20)15-9-10(19)11-6-5-8-21-11/h5-6,8,10,19H,2-4,7,9H2,1H3,(H2,15,16,18,20). The largest absolute Gasteiger partial charge is 0.467 e. The van der Waals surface area contributed by atoms with Crippen molar-refractivity contribution < 1.29 is 14.3 Å². The molecule has 1 unspecified atom stereocenters. The van der Waals surface area contributed by atoms with Crippen LogP contribution >= 0.6 is 11.3 Å². The number of carbonyl (C=O) groups is 1. The molecule has 0 fully saturated rings. The van der Waals surface area contributed by atoms with E-state index < -0.39 is 12.1 Å². The normalized spacial score (nSPS) is 12.1. The number of carbonyl (C=O) groups excluding carboxylic acids is 1. The fraction of sp³-hybridized carbons (Fsp3) is 0.500. The Labute approximate surface area is 132 Å². The molecule has 7 nitrogen and oxygen atoms in total. The summed E-state index contributed by atoms with van der Waals surface area (Å²) < 4.78 is 5.05. The van der Waals surface area contributed by atoms with Crippen molar-refractivity contribution in [2.75, 3.05) is 11.9 Å². The summed E-state index contributed by atoms with van der Waals surface area (Å²) in [7, 11) is 0. The Morgan fingerprint density at radius 2 is 2.32 bits per heavy atom. The Bertz CT molecular complexity index is 570. The average molecular weight is 324 g/mol. The molecular formula is C14H20N4O3S. The van der Waals surface area contributed by atoms with Crippen LogP contribution in [-0.2, 0) is 6.42 Å². The molecule has 2 amide bonds. The van der Waals surface area contributed by atoms with Crippen molar-refractivity contribution in [3.8, 4) is 0 Å². The molecule has 2 rings (SSSR count). The van der Waals surface area contributed by atoms with Crippen molar-refractivity contribution in [3.63, 3.8) is 0 Å². The number of unbranched alkanes of at least 4 members (excludes halogenated alkanes) is 2. The van der Waals surface area contributed by atoms with E-state index in [0.29, 0.717) is 10.9 Å². The van der Waals surface area contributed by atoms with Crippen molar-refractivity contribution in [1.82, 2.24) is 15.5 Å². The molecule has 0 aliphatic carbocycles. The van der Waals surface area contributed by atoms with Gasteiger partial charge in [0.1, 0.15) is 16.9 Å². The van der Waals surface area contributed by atoms with E-state index in [1.807, 2.05) is 0 Å². The van der Waals surface area contributed by atoms with E-state index in [0.717, 1.165) is 30.7 Å². The Kier molecular flexibility index (Phi) is 6.35. The van der Waals surface area contributed by atoms with Crippen LogP contribution in [0.15, 0.2) is 22.8 Å². The number of aryl methyl sites for hydroxylation is 1. The molecule has 0 bridgehead atoms. The van der Waals surface area contributed by atoms with Gasteiger partial charge in [-0.05, 0) is 18.6 Å². The third kappa shape index (κ3) is 5.12. The number of anilines is 1. The lowest BCUT2D eigenvalue weighted by Crippen LogP contribution is -2.32. The zero-order valence-electron chi connectivity index (χ0n) is 12.4. The van der Waals surface area contributed by atoms with Crippen LogP contribution in [0.3, 0.4) is 0 Å². The Morgan fingerprint density at radius 3 is 3.05 bits per heavy atom. The van der Waals surface area contributed by atoms with Crippen molar-refractivity contribution in [3.05, 3.63) is 29.2 Å². The number of nitrogens with zero attached hydrogens (tertiary/aromatic N) is 2. The Morgan fingerprint density at radius 1 is 1.45 bits per heavy atom. The molecule has 2 aromatic heterocycles. The third-order valence-electron chi connectivity index (χ3n) is 3.01. The van der Waals surface area contributed by atoms with Gasteiger partial charge in [-0.3, -0.25) is 5.32 Å². The number of rotatable bonds is 8. The number of urea groups is 1. The van der Waals surface area contributed by atoms with Crippen LogP contribution in [-0.4, -0.2) is 27.9 Å². The first kappa shape index (κ1) is 16.4. The number of hydrogen-bond donors (Lipinski definition) is 3. The second-order valence-electron chi connectivity index (χ2n) is 4.82. The van der Waals surface area contributed by atoms with Gasteiger partial charge in [0, 0.05) is 6.42 Å². The first-order valence-corrected chi connectivity index (χ1v) is 8.09. The third-order valence-corrected chi connectivity index (χ3v) is 3.91. The lowest BCUT2D eigenvalue weighted by atomic mass is 10.2. The van der Waals surface area contributed by atoms with Crippen molar-refractivity contribution >= 4 is 22.5 Å². The predicted octanol–water partition coefficient (Wildman–Crippen LogP) is 2.72. The maximum atomic E-state index is 11.7. The fourth-order valence-corrected chi connectivity index (χ4v) is 2.62. The minimum absolute atomic E-state index is 0.0571. The molecule has 22 heavy (non-hydrogen) atoms. The second kappa shape index (κ2) is 8.50. The van der Waals surface area contributed by atoms with Gasteiger partial charge < -0.3 is 14.8 Å². The fourth-order valence-electron chi connectivity index (χ4n) is 1.84. The Hall–Kier alpha value is -1.93. The second-order valence-corrected chi connectivity index (χ2v) is 5.89. The molecular weight excluding hydrogens is 304 g/mol. The summed E-state index contributed by atoms with van der Waals surface area (Å²) in [5, 5.41) is 24.3. The minimum Gasteiger partial charge on any atom is -0.467 e. The van der Waals surface area contributed by atoms with Gasteiger partial charge in [0.05, 0.1) is 12.8 Å². The maximum Gasteiger partial charge on any atom is 0.321 e. The monoisotopic (exact) mass is 324 g/mol. The molecule has 0 saturated carbocycles. The summed E-state index contributed by atoms with van der Waals surface area (Å²) >= 11 is 1.37. The van der Waals surface area contributed by atoms with Crippen LogP contribution in [0.25, 0.3) is 0 Å². The number of nitrogens with one attached hydrogen (secondary N) is 2.